The second-order valence-electron chi connectivity index (χ2n) is 2.84. The van der Waals surface area contributed by atoms with E-state index in [1.165, 1.54) is 25.7 Å². The Labute approximate surface area is 58.6 Å². The molecule has 0 bridgehead atoms. The van der Waals surface area contributed by atoms with Gasteiger partial charge in [-0.3, -0.25) is 0 Å². The normalized spacial score (nSPS) is 13.7. The fraction of sp³-hybridized carbons (Fsp3) is 1.00. The number of rotatable bonds is 5. The molecule has 0 fully saturated rings. The van der Waals surface area contributed by atoms with Crippen LogP contribution in [0.1, 0.15) is 39.5 Å². The predicted octanol–water partition coefficient (Wildman–Crippen LogP) is 2.16. The fourth-order valence-electron chi connectivity index (χ4n) is 0.861. The molecule has 0 rings (SSSR count). The molecule has 9 heavy (non-hydrogen) atoms. The van der Waals surface area contributed by atoms with Crippen molar-refractivity contribution in [1.29, 1.82) is 0 Å². The highest BCUT2D eigenvalue weighted by Crippen LogP contribution is 2.06. The van der Waals surface area contributed by atoms with Crippen LogP contribution < -0.4 is 5.73 Å². The first-order valence-corrected chi connectivity index (χ1v) is 4.01. The van der Waals surface area contributed by atoms with Gasteiger partial charge in [0, 0.05) is 0 Å². The molecule has 0 aromatic carbocycles. The van der Waals surface area contributed by atoms with E-state index in [0.29, 0.717) is 0 Å². The Morgan fingerprint density at radius 1 is 1.33 bits per heavy atom. The number of hydrogen-bond acceptors (Lipinski definition) is 1. The average Bonchev–Trinajstić information content (AvgIpc) is 1.89. The van der Waals surface area contributed by atoms with Crippen molar-refractivity contribution < 1.29 is 0 Å². The van der Waals surface area contributed by atoms with E-state index >= 15 is 0 Å². The van der Waals surface area contributed by atoms with Crippen LogP contribution in [0.2, 0.25) is 0 Å². The van der Waals surface area contributed by atoms with Gasteiger partial charge in [0.25, 0.3) is 0 Å². The second kappa shape index (κ2) is 6.09. The second-order valence-corrected chi connectivity index (χ2v) is 2.84. The maximum atomic E-state index is 5.45. The van der Waals surface area contributed by atoms with Crippen LogP contribution in [-0.4, -0.2) is 6.54 Å². The van der Waals surface area contributed by atoms with Crippen LogP contribution in [0.3, 0.4) is 0 Å². The maximum absolute atomic E-state index is 5.45. The molecule has 0 saturated heterocycles. The summed E-state index contributed by atoms with van der Waals surface area (Å²) in [6.45, 7) is 5.30. The molecule has 0 heterocycles. The lowest BCUT2D eigenvalue weighted by Gasteiger charge is -2.05. The highest BCUT2D eigenvalue weighted by molar-refractivity contribution is 4.52. The molecule has 0 amide bonds. The van der Waals surface area contributed by atoms with E-state index in [2.05, 4.69) is 13.8 Å². The summed E-state index contributed by atoms with van der Waals surface area (Å²) >= 11 is 0. The zero-order valence-electron chi connectivity index (χ0n) is 6.69. The lowest BCUT2D eigenvalue weighted by Crippen LogP contribution is -2.10. The van der Waals surface area contributed by atoms with E-state index in [1.807, 2.05) is 0 Å². The SMILES string of the molecule is CCCCC[C@H](C)CN. The third-order valence-corrected chi connectivity index (χ3v) is 1.70. The van der Waals surface area contributed by atoms with E-state index in [9.17, 15) is 0 Å². The van der Waals surface area contributed by atoms with Crippen molar-refractivity contribution in [3.05, 3.63) is 0 Å². The van der Waals surface area contributed by atoms with Gasteiger partial charge in [-0.05, 0) is 18.9 Å². The number of hydrogen-bond donors (Lipinski definition) is 1. The van der Waals surface area contributed by atoms with Crippen molar-refractivity contribution in [1.82, 2.24) is 0 Å². The van der Waals surface area contributed by atoms with Crippen molar-refractivity contribution in [2.75, 3.05) is 6.54 Å². The highest BCUT2D eigenvalue weighted by atomic mass is 14.5. The predicted molar refractivity (Wildman–Crippen MR) is 42.4 cm³/mol. The zero-order chi connectivity index (χ0) is 7.11. The van der Waals surface area contributed by atoms with Crippen molar-refractivity contribution >= 4 is 0 Å². The quantitative estimate of drug-likeness (QED) is 0.566. The molecule has 0 aromatic rings. The van der Waals surface area contributed by atoms with Gasteiger partial charge < -0.3 is 5.73 Å². The van der Waals surface area contributed by atoms with Gasteiger partial charge in [0.2, 0.25) is 0 Å². The van der Waals surface area contributed by atoms with Gasteiger partial charge in [-0.2, -0.15) is 0 Å². The summed E-state index contributed by atoms with van der Waals surface area (Å²) in [4.78, 5) is 0. The number of unbranched alkanes of at least 4 members (excludes halogenated alkanes) is 2. The van der Waals surface area contributed by atoms with Crippen LogP contribution in [0.4, 0.5) is 0 Å². The Kier molecular flexibility index (Phi) is 6.06. The lowest BCUT2D eigenvalue weighted by atomic mass is 10.0. The monoisotopic (exact) mass is 129 g/mol. The van der Waals surface area contributed by atoms with E-state index < -0.39 is 0 Å². The highest BCUT2D eigenvalue weighted by Gasteiger charge is 1.96. The van der Waals surface area contributed by atoms with E-state index in [-0.39, 0.29) is 0 Å². The smallest absolute Gasteiger partial charge is 0.00515 e. The Bertz CT molecular complexity index is 52.5. The summed E-state index contributed by atoms with van der Waals surface area (Å²) in [7, 11) is 0. The molecule has 0 aliphatic rings. The molecule has 0 aliphatic heterocycles. The van der Waals surface area contributed by atoms with Crippen LogP contribution in [0.5, 0.6) is 0 Å². The molecule has 0 aromatic heterocycles. The number of nitrogens with two attached hydrogens (primary N) is 1. The lowest BCUT2D eigenvalue weighted by molar-refractivity contribution is 0.505. The van der Waals surface area contributed by atoms with Gasteiger partial charge in [0.15, 0.2) is 0 Å². The molecule has 1 atom stereocenters. The largest absolute Gasteiger partial charge is 0.330 e. The summed E-state index contributed by atoms with van der Waals surface area (Å²) in [6.07, 6.45) is 5.35. The molecule has 0 saturated carbocycles. The van der Waals surface area contributed by atoms with Crippen LogP contribution in [0.25, 0.3) is 0 Å². The van der Waals surface area contributed by atoms with Crippen LogP contribution in [0.15, 0.2) is 0 Å². The van der Waals surface area contributed by atoms with Gasteiger partial charge in [-0.1, -0.05) is 33.1 Å². The Balaban J connectivity index is 2.88. The van der Waals surface area contributed by atoms with Crippen molar-refractivity contribution in [3.8, 4) is 0 Å². The first-order valence-electron chi connectivity index (χ1n) is 4.01. The summed E-state index contributed by atoms with van der Waals surface area (Å²) in [5, 5.41) is 0. The van der Waals surface area contributed by atoms with Crippen molar-refractivity contribution in [2.24, 2.45) is 11.7 Å². The van der Waals surface area contributed by atoms with E-state index in [4.69, 9.17) is 5.73 Å². The first kappa shape index (κ1) is 8.96. The summed E-state index contributed by atoms with van der Waals surface area (Å²) in [5.41, 5.74) is 5.45. The van der Waals surface area contributed by atoms with Gasteiger partial charge in [-0.15, -0.1) is 0 Å². The minimum absolute atomic E-state index is 0.733. The van der Waals surface area contributed by atoms with Gasteiger partial charge in [0.05, 0.1) is 0 Å². The van der Waals surface area contributed by atoms with Crippen LogP contribution in [0, 0.1) is 5.92 Å². The summed E-state index contributed by atoms with van der Waals surface area (Å²) in [6, 6.07) is 0. The van der Waals surface area contributed by atoms with E-state index in [0.717, 1.165) is 12.5 Å². The average molecular weight is 129 g/mol. The van der Waals surface area contributed by atoms with Crippen LogP contribution in [-0.2, 0) is 0 Å². The minimum atomic E-state index is 0.733. The topological polar surface area (TPSA) is 26.0 Å². The molecular formula is C8H19N. The Morgan fingerprint density at radius 3 is 2.44 bits per heavy atom. The van der Waals surface area contributed by atoms with Crippen molar-refractivity contribution in [2.45, 2.75) is 39.5 Å². The van der Waals surface area contributed by atoms with Gasteiger partial charge in [-0.25, -0.2) is 0 Å². The fourth-order valence-corrected chi connectivity index (χ4v) is 0.861. The standard InChI is InChI=1S/C8H19N/c1-3-4-5-6-8(2)7-9/h8H,3-7,9H2,1-2H3/t8-/m0/s1. The molecule has 1 heteroatoms. The molecule has 0 aliphatic carbocycles. The summed E-state index contributed by atoms with van der Waals surface area (Å²) < 4.78 is 0. The third kappa shape index (κ3) is 5.84. The Hall–Kier alpha value is -0.0400. The molecule has 1 nitrogen and oxygen atoms in total. The van der Waals surface area contributed by atoms with Crippen molar-refractivity contribution in [3.63, 3.8) is 0 Å². The summed E-state index contributed by atoms with van der Waals surface area (Å²) in [5.74, 6) is 0.733. The van der Waals surface area contributed by atoms with Crippen LogP contribution >= 0.6 is 0 Å². The first-order chi connectivity index (χ1) is 4.31. The molecule has 0 radical (unpaired) electrons. The molecule has 2 N–H and O–H groups in total. The molecular weight excluding hydrogens is 110 g/mol. The third-order valence-electron chi connectivity index (χ3n) is 1.70. The van der Waals surface area contributed by atoms with Gasteiger partial charge in [0.1, 0.15) is 0 Å². The Morgan fingerprint density at radius 2 is 2.00 bits per heavy atom. The maximum Gasteiger partial charge on any atom is -0.00515 e. The zero-order valence-corrected chi connectivity index (χ0v) is 6.69. The molecule has 56 valence electrons. The van der Waals surface area contributed by atoms with E-state index in [1.54, 1.807) is 0 Å². The molecule has 0 unspecified atom stereocenters. The van der Waals surface area contributed by atoms with Gasteiger partial charge >= 0.3 is 0 Å². The molecule has 0 spiro atoms. The minimum Gasteiger partial charge on any atom is -0.330 e.